The Labute approximate surface area is 112 Å². The summed E-state index contributed by atoms with van der Waals surface area (Å²) in [5.74, 6) is 0.690. The number of hydrogen-bond donors (Lipinski definition) is 0. The summed E-state index contributed by atoms with van der Waals surface area (Å²) in [6, 6.07) is 11.5. The smallest absolute Gasteiger partial charge is 0.158 e. The van der Waals surface area contributed by atoms with Gasteiger partial charge < -0.3 is 9.80 Å². The molecule has 18 heavy (non-hydrogen) atoms. The second-order valence-electron chi connectivity index (χ2n) is 4.50. The molecule has 3 heteroatoms. The molecule has 2 aromatic rings. The van der Waals surface area contributed by atoms with Crippen LogP contribution < -0.4 is 9.80 Å². The van der Waals surface area contributed by atoms with Crippen molar-refractivity contribution >= 4 is 17.2 Å². The highest BCUT2D eigenvalue weighted by molar-refractivity contribution is 5.81. The molecule has 0 spiro atoms. The number of benzene rings is 1. The maximum absolute atomic E-state index is 7.80. The zero-order chi connectivity index (χ0) is 15.2. The van der Waals surface area contributed by atoms with Gasteiger partial charge in [-0.2, -0.15) is 0 Å². The lowest BCUT2D eigenvalue weighted by Crippen LogP contribution is -2.36. The average Bonchev–Trinajstić information content (AvgIpc) is 2.71. The summed E-state index contributed by atoms with van der Waals surface area (Å²) in [6.07, 6.45) is 1.38. The van der Waals surface area contributed by atoms with Gasteiger partial charge in [0.2, 0.25) is 0 Å². The lowest BCUT2D eigenvalue weighted by atomic mass is 10.2. The van der Waals surface area contributed by atoms with Gasteiger partial charge in [-0.3, -0.25) is 0 Å². The molecule has 0 aliphatic carbocycles. The van der Waals surface area contributed by atoms with Gasteiger partial charge in [0.1, 0.15) is 6.17 Å². The molecule has 3 rings (SSSR count). The van der Waals surface area contributed by atoms with Gasteiger partial charge in [-0.25, -0.2) is 4.98 Å². The van der Waals surface area contributed by atoms with E-state index in [0.29, 0.717) is 11.5 Å². The van der Waals surface area contributed by atoms with Gasteiger partial charge in [0.05, 0.1) is 5.69 Å². The summed E-state index contributed by atoms with van der Waals surface area (Å²) >= 11 is 0. The van der Waals surface area contributed by atoms with Crippen molar-refractivity contribution in [2.24, 2.45) is 0 Å². The molecule has 0 bridgehead atoms. The fourth-order valence-corrected chi connectivity index (χ4v) is 2.40. The third-order valence-electron chi connectivity index (χ3n) is 3.38. The number of para-hydroxylation sites is 1. The quantitative estimate of drug-likeness (QED) is 0.764. The molecular weight excluding hydrogens is 222 g/mol. The summed E-state index contributed by atoms with van der Waals surface area (Å²) in [7, 11) is 0. The number of pyridine rings is 1. The van der Waals surface area contributed by atoms with E-state index in [0.717, 1.165) is 11.3 Å². The zero-order valence-corrected chi connectivity index (χ0v) is 10.5. The van der Waals surface area contributed by atoms with Crippen molar-refractivity contribution in [1.29, 1.82) is 0 Å². The van der Waals surface area contributed by atoms with Gasteiger partial charge >= 0.3 is 0 Å². The van der Waals surface area contributed by atoms with Crippen LogP contribution in [0, 0.1) is 6.92 Å². The van der Waals surface area contributed by atoms with Crippen molar-refractivity contribution in [2.75, 3.05) is 16.8 Å². The molecule has 0 saturated carbocycles. The normalized spacial score (nSPS) is 21.2. The second-order valence-corrected chi connectivity index (χ2v) is 4.50. The zero-order valence-electron chi connectivity index (χ0n) is 13.5. The molecule has 0 fully saturated rings. The minimum Gasteiger partial charge on any atom is -0.351 e. The SMILES string of the molecule is [2H]C([2H])([2H])N1c2cccnc2N(c2ccccc2C)[C@H]1C. The maximum atomic E-state index is 7.80. The van der Waals surface area contributed by atoms with Crippen LogP contribution in [0.1, 0.15) is 16.6 Å². The maximum Gasteiger partial charge on any atom is 0.158 e. The second kappa shape index (κ2) is 4.02. The lowest BCUT2D eigenvalue weighted by Gasteiger charge is -2.28. The van der Waals surface area contributed by atoms with Gasteiger partial charge in [0.25, 0.3) is 0 Å². The van der Waals surface area contributed by atoms with E-state index >= 15 is 0 Å². The van der Waals surface area contributed by atoms with E-state index in [2.05, 4.69) is 4.98 Å². The molecule has 0 amide bonds. The first-order valence-electron chi connectivity index (χ1n) is 7.50. The lowest BCUT2D eigenvalue weighted by molar-refractivity contribution is 0.729. The van der Waals surface area contributed by atoms with Gasteiger partial charge in [-0.15, -0.1) is 0 Å². The predicted molar refractivity (Wildman–Crippen MR) is 75.4 cm³/mol. The molecule has 1 aromatic carbocycles. The Morgan fingerprint density at radius 3 is 2.72 bits per heavy atom. The van der Waals surface area contributed by atoms with Crippen LogP contribution in [0.15, 0.2) is 42.6 Å². The number of anilines is 3. The minimum atomic E-state index is -2.20. The van der Waals surface area contributed by atoms with Gasteiger partial charge in [-0.1, -0.05) is 18.2 Å². The minimum absolute atomic E-state index is 0.316. The van der Waals surface area contributed by atoms with Crippen molar-refractivity contribution < 1.29 is 4.11 Å². The Morgan fingerprint density at radius 1 is 1.17 bits per heavy atom. The summed E-state index contributed by atoms with van der Waals surface area (Å²) in [5.41, 5.74) is 2.72. The molecule has 1 atom stereocenters. The van der Waals surface area contributed by atoms with E-state index < -0.39 is 6.98 Å². The highest BCUT2D eigenvalue weighted by Gasteiger charge is 2.32. The molecule has 3 nitrogen and oxygen atoms in total. The first-order chi connectivity index (χ1) is 9.91. The van der Waals surface area contributed by atoms with Gasteiger partial charge in [0.15, 0.2) is 5.82 Å². The van der Waals surface area contributed by atoms with Crippen LogP contribution in [-0.2, 0) is 0 Å². The van der Waals surface area contributed by atoms with E-state index in [1.807, 2.05) is 49.1 Å². The van der Waals surface area contributed by atoms with E-state index in [-0.39, 0.29) is 6.17 Å². The Bertz CT molecular complexity index is 669. The molecule has 0 N–H and O–H groups in total. The van der Waals surface area contributed by atoms with Crippen molar-refractivity contribution in [3.05, 3.63) is 48.2 Å². The van der Waals surface area contributed by atoms with E-state index in [4.69, 9.17) is 4.11 Å². The van der Waals surface area contributed by atoms with E-state index in [9.17, 15) is 0 Å². The molecule has 92 valence electrons. The summed E-state index contributed by atoms with van der Waals surface area (Å²) < 4.78 is 23.4. The van der Waals surface area contributed by atoms with Crippen LogP contribution in [0.3, 0.4) is 0 Å². The summed E-state index contributed by atoms with van der Waals surface area (Å²) in [4.78, 5) is 7.84. The molecule has 0 saturated heterocycles. The van der Waals surface area contributed by atoms with E-state index in [1.165, 1.54) is 4.90 Å². The van der Waals surface area contributed by atoms with Crippen molar-refractivity contribution in [3.8, 4) is 0 Å². The molecule has 0 radical (unpaired) electrons. The number of hydrogen-bond acceptors (Lipinski definition) is 3. The topological polar surface area (TPSA) is 19.4 Å². The Morgan fingerprint density at radius 2 is 1.94 bits per heavy atom. The Hall–Kier alpha value is -2.03. The number of rotatable bonds is 1. The predicted octanol–water partition coefficient (Wildman–Crippen LogP) is 3.32. The number of aromatic nitrogens is 1. The van der Waals surface area contributed by atoms with Crippen LogP contribution in [0.25, 0.3) is 0 Å². The van der Waals surface area contributed by atoms with Crippen LogP contribution in [0.5, 0.6) is 0 Å². The largest absolute Gasteiger partial charge is 0.351 e. The molecular formula is C15H17N3. The van der Waals surface area contributed by atoms with Crippen molar-refractivity contribution in [3.63, 3.8) is 0 Å². The van der Waals surface area contributed by atoms with Gasteiger partial charge in [-0.05, 0) is 37.6 Å². The summed E-state index contributed by atoms with van der Waals surface area (Å²) in [5, 5.41) is 0. The fraction of sp³-hybridized carbons (Fsp3) is 0.267. The van der Waals surface area contributed by atoms with Crippen molar-refractivity contribution in [1.82, 2.24) is 4.98 Å². The molecule has 2 heterocycles. The number of nitrogens with zero attached hydrogens (tertiary/aromatic N) is 3. The Kier molecular flexibility index (Phi) is 1.82. The highest BCUT2D eigenvalue weighted by atomic mass is 15.4. The van der Waals surface area contributed by atoms with Crippen LogP contribution >= 0.6 is 0 Å². The highest BCUT2D eigenvalue weighted by Crippen LogP contribution is 2.42. The first-order valence-corrected chi connectivity index (χ1v) is 6.00. The third kappa shape index (κ3) is 1.47. The third-order valence-corrected chi connectivity index (χ3v) is 3.38. The monoisotopic (exact) mass is 242 g/mol. The fourth-order valence-electron chi connectivity index (χ4n) is 2.40. The number of aryl methyl sites for hydroxylation is 1. The van der Waals surface area contributed by atoms with Crippen LogP contribution in [0.4, 0.5) is 17.2 Å². The van der Waals surface area contributed by atoms with E-state index in [1.54, 1.807) is 12.3 Å². The number of fused-ring (bicyclic) bond motifs is 1. The van der Waals surface area contributed by atoms with Crippen LogP contribution in [0.2, 0.25) is 0 Å². The molecule has 1 aromatic heterocycles. The summed E-state index contributed by atoms with van der Waals surface area (Å²) in [6.45, 7) is 1.71. The van der Waals surface area contributed by atoms with Gasteiger partial charge in [0, 0.05) is 23.0 Å². The molecule has 1 aliphatic rings. The molecule has 1 aliphatic heterocycles. The standard InChI is InChI=1S/C15H17N3/c1-11-7-4-5-8-13(11)18-12(2)17(3)14-9-6-10-16-15(14)18/h4-10,12H,1-3H3/t12-/m0/s1/i3D3. The first kappa shape index (κ1) is 8.14. The van der Waals surface area contributed by atoms with Crippen LogP contribution in [-0.4, -0.2) is 18.1 Å². The van der Waals surface area contributed by atoms with Crippen molar-refractivity contribution in [2.45, 2.75) is 20.0 Å². The Balaban J connectivity index is 2.18. The average molecular weight is 242 g/mol. The molecule has 0 unspecified atom stereocenters.